The topological polar surface area (TPSA) is 46.2 Å². The molecule has 1 N–H and O–H groups in total. The van der Waals surface area contributed by atoms with E-state index in [1.165, 1.54) is 24.3 Å². The molecule has 0 atom stereocenters. The summed E-state index contributed by atoms with van der Waals surface area (Å²) in [5.41, 5.74) is 0.227. The van der Waals surface area contributed by atoms with Gasteiger partial charge < -0.3 is 5.32 Å². The number of anilines is 1. The van der Waals surface area contributed by atoms with Gasteiger partial charge in [-0.1, -0.05) is 0 Å². The van der Waals surface area contributed by atoms with Crippen LogP contribution in [0.25, 0.3) is 0 Å². The summed E-state index contributed by atoms with van der Waals surface area (Å²) in [6.07, 6.45) is -3.26. The molecule has 7 heteroatoms. The van der Waals surface area contributed by atoms with Crippen LogP contribution in [-0.2, 0) is 9.84 Å². The molecule has 90 valence electrons. The third kappa shape index (κ3) is 4.09. The molecule has 0 aliphatic rings. The first-order chi connectivity index (χ1) is 7.18. The van der Waals surface area contributed by atoms with E-state index in [2.05, 4.69) is 5.32 Å². The minimum atomic E-state index is -4.30. The highest BCUT2D eigenvalue weighted by atomic mass is 32.2. The molecule has 0 saturated heterocycles. The normalized spacial score (nSPS) is 12.5. The monoisotopic (exact) mass is 253 g/mol. The molecule has 0 amide bonds. The predicted molar refractivity (Wildman–Crippen MR) is 54.1 cm³/mol. The van der Waals surface area contributed by atoms with Gasteiger partial charge in [-0.15, -0.1) is 0 Å². The number of hydrogen-bond acceptors (Lipinski definition) is 3. The van der Waals surface area contributed by atoms with Crippen LogP contribution in [-0.4, -0.2) is 27.4 Å². The molecule has 0 radical (unpaired) electrons. The first-order valence-corrected chi connectivity index (χ1v) is 6.18. The fourth-order valence-electron chi connectivity index (χ4n) is 1.02. The summed E-state index contributed by atoms with van der Waals surface area (Å²) in [7, 11) is -3.31. The van der Waals surface area contributed by atoms with Crippen LogP contribution in [0.15, 0.2) is 29.2 Å². The summed E-state index contributed by atoms with van der Waals surface area (Å²) in [6, 6.07) is 5.10. The van der Waals surface area contributed by atoms with Gasteiger partial charge in [0.1, 0.15) is 6.54 Å². The van der Waals surface area contributed by atoms with Gasteiger partial charge in [-0.05, 0) is 24.3 Å². The highest BCUT2D eigenvalue weighted by Crippen LogP contribution is 2.18. The van der Waals surface area contributed by atoms with E-state index in [-0.39, 0.29) is 10.6 Å². The molecule has 0 saturated carbocycles. The molecule has 0 bridgehead atoms. The van der Waals surface area contributed by atoms with E-state index < -0.39 is 22.6 Å². The Morgan fingerprint density at radius 2 is 1.69 bits per heavy atom. The second-order valence-electron chi connectivity index (χ2n) is 3.27. The number of benzene rings is 1. The maximum Gasteiger partial charge on any atom is 0.405 e. The Labute approximate surface area is 91.2 Å². The summed E-state index contributed by atoms with van der Waals surface area (Å²) < 4.78 is 57.7. The van der Waals surface area contributed by atoms with Crippen molar-refractivity contribution in [3.05, 3.63) is 24.3 Å². The van der Waals surface area contributed by atoms with Crippen molar-refractivity contribution in [1.29, 1.82) is 0 Å². The van der Waals surface area contributed by atoms with Gasteiger partial charge in [0, 0.05) is 11.9 Å². The van der Waals surface area contributed by atoms with Crippen LogP contribution in [0.3, 0.4) is 0 Å². The Balaban J connectivity index is 2.73. The summed E-state index contributed by atoms with van der Waals surface area (Å²) in [4.78, 5) is 0.0741. The Kier molecular flexibility index (Phi) is 3.47. The quantitative estimate of drug-likeness (QED) is 0.897. The maximum atomic E-state index is 11.9. The van der Waals surface area contributed by atoms with Crippen molar-refractivity contribution in [2.24, 2.45) is 0 Å². The van der Waals surface area contributed by atoms with E-state index in [9.17, 15) is 21.6 Å². The smallest absolute Gasteiger partial charge is 0.376 e. The highest BCUT2D eigenvalue weighted by Gasteiger charge is 2.26. The molecular weight excluding hydrogens is 243 g/mol. The van der Waals surface area contributed by atoms with Gasteiger partial charge in [-0.2, -0.15) is 13.2 Å². The van der Waals surface area contributed by atoms with Crippen molar-refractivity contribution in [1.82, 2.24) is 0 Å². The summed E-state index contributed by atoms with van der Waals surface area (Å²) in [5, 5.41) is 2.14. The van der Waals surface area contributed by atoms with Crippen molar-refractivity contribution in [3.8, 4) is 0 Å². The lowest BCUT2D eigenvalue weighted by atomic mass is 10.3. The van der Waals surface area contributed by atoms with Crippen molar-refractivity contribution in [2.75, 3.05) is 18.1 Å². The maximum absolute atomic E-state index is 11.9. The number of sulfone groups is 1. The molecule has 3 nitrogen and oxygen atoms in total. The largest absolute Gasteiger partial charge is 0.405 e. The van der Waals surface area contributed by atoms with Gasteiger partial charge in [0.05, 0.1) is 4.90 Å². The molecule has 0 aliphatic carbocycles. The molecule has 0 heterocycles. The van der Waals surface area contributed by atoms with Crippen molar-refractivity contribution in [3.63, 3.8) is 0 Å². The van der Waals surface area contributed by atoms with Crippen LogP contribution in [0.5, 0.6) is 0 Å². The lowest BCUT2D eigenvalue weighted by Crippen LogP contribution is -2.21. The van der Waals surface area contributed by atoms with Crippen LogP contribution in [0.2, 0.25) is 0 Å². The van der Waals surface area contributed by atoms with Gasteiger partial charge in [0.2, 0.25) is 0 Å². The van der Waals surface area contributed by atoms with Crippen molar-refractivity contribution in [2.45, 2.75) is 11.1 Å². The second kappa shape index (κ2) is 4.32. The number of nitrogens with one attached hydrogen (secondary N) is 1. The third-order valence-corrected chi connectivity index (χ3v) is 2.90. The Bertz CT molecular complexity index is 451. The molecule has 16 heavy (non-hydrogen) atoms. The zero-order valence-corrected chi connectivity index (χ0v) is 9.19. The first-order valence-electron chi connectivity index (χ1n) is 4.29. The summed E-state index contributed by atoms with van der Waals surface area (Å²) in [6.45, 7) is -1.15. The standard InChI is InChI=1S/C9H10F3NO2S/c1-16(14,15)8-4-2-7(3-5-8)13-6-9(10,11)12/h2-5,13H,6H2,1H3. The van der Waals surface area contributed by atoms with Gasteiger partial charge >= 0.3 is 6.18 Å². The number of hydrogen-bond donors (Lipinski definition) is 1. The molecule has 0 aliphatic heterocycles. The fourth-order valence-corrected chi connectivity index (χ4v) is 1.65. The molecule has 0 spiro atoms. The number of halogens is 3. The molecule has 1 aromatic carbocycles. The molecule has 1 aromatic rings. The Morgan fingerprint density at radius 1 is 1.19 bits per heavy atom. The lowest BCUT2D eigenvalue weighted by Gasteiger charge is -2.09. The van der Waals surface area contributed by atoms with E-state index in [0.717, 1.165) is 6.26 Å². The van der Waals surface area contributed by atoms with Crippen LogP contribution < -0.4 is 5.32 Å². The summed E-state index contributed by atoms with van der Waals surface area (Å²) >= 11 is 0. The van der Waals surface area contributed by atoms with Gasteiger partial charge in [0.25, 0.3) is 0 Å². The van der Waals surface area contributed by atoms with E-state index in [1.54, 1.807) is 0 Å². The van der Waals surface area contributed by atoms with Crippen molar-refractivity contribution < 1.29 is 21.6 Å². The lowest BCUT2D eigenvalue weighted by molar-refractivity contribution is -0.115. The van der Waals surface area contributed by atoms with E-state index in [0.29, 0.717) is 0 Å². The third-order valence-electron chi connectivity index (χ3n) is 1.78. The fraction of sp³-hybridized carbons (Fsp3) is 0.333. The Hall–Kier alpha value is -1.24. The van der Waals surface area contributed by atoms with E-state index >= 15 is 0 Å². The first kappa shape index (κ1) is 12.8. The number of alkyl halides is 3. The number of rotatable bonds is 3. The van der Waals surface area contributed by atoms with E-state index in [1.807, 2.05) is 0 Å². The average Bonchev–Trinajstić information content (AvgIpc) is 2.13. The van der Waals surface area contributed by atoms with Crippen LogP contribution >= 0.6 is 0 Å². The Morgan fingerprint density at radius 3 is 2.06 bits per heavy atom. The molecule has 0 fully saturated rings. The zero-order valence-electron chi connectivity index (χ0n) is 8.38. The predicted octanol–water partition coefficient (Wildman–Crippen LogP) is 2.06. The SMILES string of the molecule is CS(=O)(=O)c1ccc(NCC(F)(F)F)cc1. The van der Waals surface area contributed by atoms with E-state index in [4.69, 9.17) is 0 Å². The van der Waals surface area contributed by atoms with Crippen molar-refractivity contribution >= 4 is 15.5 Å². The minimum Gasteiger partial charge on any atom is -0.376 e. The summed E-state index contributed by atoms with van der Waals surface area (Å²) in [5.74, 6) is 0. The zero-order chi connectivity index (χ0) is 12.4. The van der Waals surface area contributed by atoms with Gasteiger partial charge in [-0.3, -0.25) is 0 Å². The van der Waals surface area contributed by atoms with Crippen LogP contribution in [0.1, 0.15) is 0 Å². The molecule has 1 rings (SSSR count). The average molecular weight is 253 g/mol. The highest BCUT2D eigenvalue weighted by molar-refractivity contribution is 7.90. The van der Waals surface area contributed by atoms with Crippen LogP contribution in [0, 0.1) is 0 Å². The molecular formula is C9H10F3NO2S. The minimum absolute atomic E-state index is 0.0741. The second-order valence-corrected chi connectivity index (χ2v) is 5.28. The van der Waals surface area contributed by atoms with Crippen LogP contribution in [0.4, 0.5) is 18.9 Å². The van der Waals surface area contributed by atoms with Gasteiger partial charge in [0.15, 0.2) is 9.84 Å². The molecule has 0 unspecified atom stereocenters. The van der Waals surface area contributed by atoms with Gasteiger partial charge in [-0.25, -0.2) is 8.42 Å². The molecule has 0 aromatic heterocycles.